The first-order valence-electron chi connectivity index (χ1n) is 10.6. The Morgan fingerprint density at radius 3 is 2.16 bits per heavy atom. The highest BCUT2D eigenvalue weighted by molar-refractivity contribution is 5.81. The minimum atomic E-state index is -1.13. The number of hydrogen-bond acceptors (Lipinski definition) is 4. The van der Waals surface area contributed by atoms with Crippen LogP contribution in [0.3, 0.4) is 0 Å². The van der Waals surface area contributed by atoms with Crippen molar-refractivity contribution < 1.29 is 24.2 Å². The summed E-state index contributed by atoms with van der Waals surface area (Å²) in [5.41, 5.74) is 5.17. The standard InChI is InChI=1S/C26H25NO5/c1-2-31-24-14-8-3-9-17(24)15-23(25(28)29)27-26(30)32-16-22-20-12-6-4-10-18(20)19-11-5-7-13-21(19)22/h3-14,22-23H,2,15-16H2,1H3,(H,27,30)(H,28,29)/t23-/m1/s1. The summed E-state index contributed by atoms with van der Waals surface area (Å²) in [4.78, 5) is 24.3. The molecular weight excluding hydrogens is 406 g/mol. The van der Waals surface area contributed by atoms with Crippen LogP contribution in [0.5, 0.6) is 5.75 Å². The van der Waals surface area contributed by atoms with Crippen LogP contribution >= 0.6 is 0 Å². The number of carboxylic acid groups (broad SMARTS) is 1. The van der Waals surface area contributed by atoms with Gasteiger partial charge in [-0.2, -0.15) is 0 Å². The number of amides is 1. The number of benzene rings is 3. The van der Waals surface area contributed by atoms with Crippen molar-refractivity contribution in [2.24, 2.45) is 0 Å². The fraction of sp³-hybridized carbons (Fsp3) is 0.231. The number of nitrogens with one attached hydrogen (secondary N) is 1. The van der Waals surface area contributed by atoms with Gasteiger partial charge in [-0.3, -0.25) is 0 Å². The molecule has 2 N–H and O–H groups in total. The van der Waals surface area contributed by atoms with Gasteiger partial charge >= 0.3 is 12.1 Å². The van der Waals surface area contributed by atoms with Crippen LogP contribution in [0.25, 0.3) is 11.1 Å². The Hall–Kier alpha value is -3.80. The molecule has 0 aliphatic heterocycles. The number of carbonyl (C=O) groups is 2. The topological polar surface area (TPSA) is 84.9 Å². The molecule has 1 aliphatic rings. The molecule has 0 heterocycles. The van der Waals surface area contributed by atoms with Crippen LogP contribution in [0.1, 0.15) is 29.5 Å². The average molecular weight is 431 g/mol. The van der Waals surface area contributed by atoms with Crippen molar-refractivity contribution >= 4 is 12.1 Å². The van der Waals surface area contributed by atoms with E-state index in [2.05, 4.69) is 17.4 Å². The molecule has 3 aromatic rings. The highest BCUT2D eigenvalue weighted by Gasteiger charge is 2.30. The number of carboxylic acids is 1. The molecule has 0 fully saturated rings. The zero-order valence-electron chi connectivity index (χ0n) is 17.8. The van der Waals surface area contributed by atoms with Gasteiger partial charge in [-0.05, 0) is 40.8 Å². The zero-order valence-corrected chi connectivity index (χ0v) is 17.8. The van der Waals surface area contributed by atoms with E-state index in [-0.39, 0.29) is 18.9 Å². The van der Waals surface area contributed by atoms with E-state index in [1.807, 2.05) is 55.5 Å². The van der Waals surface area contributed by atoms with Crippen LogP contribution in [-0.2, 0) is 16.0 Å². The average Bonchev–Trinajstić information content (AvgIpc) is 3.12. The molecule has 1 aliphatic carbocycles. The monoisotopic (exact) mass is 431 g/mol. The summed E-state index contributed by atoms with van der Waals surface area (Å²) in [5.74, 6) is -0.615. The Balaban J connectivity index is 1.44. The second-order valence-electron chi connectivity index (χ2n) is 7.61. The number of ether oxygens (including phenoxy) is 2. The normalized spacial score (nSPS) is 13.0. The first kappa shape index (κ1) is 21.4. The van der Waals surface area contributed by atoms with Crippen LogP contribution in [0.15, 0.2) is 72.8 Å². The lowest BCUT2D eigenvalue weighted by Crippen LogP contribution is -2.43. The maximum absolute atomic E-state index is 12.5. The summed E-state index contributed by atoms with van der Waals surface area (Å²) in [5, 5.41) is 12.1. The summed E-state index contributed by atoms with van der Waals surface area (Å²) in [7, 11) is 0. The maximum Gasteiger partial charge on any atom is 0.407 e. The summed E-state index contributed by atoms with van der Waals surface area (Å²) in [6.07, 6.45) is -0.663. The smallest absolute Gasteiger partial charge is 0.407 e. The number of alkyl carbamates (subject to hydrolysis) is 1. The van der Waals surface area contributed by atoms with Crippen LogP contribution < -0.4 is 10.1 Å². The van der Waals surface area contributed by atoms with Gasteiger partial charge in [0.1, 0.15) is 18.4 Å². The van der Waals surface area contributed by atoms with Gasteiger partial charge in [-0.25, -0.2) is 9.59 Å². The molecule has 3 aromatic carbocycles. The summed E-state index contributed by atoms with van der Waals surface area (Å²) in [6.45, 7) is 2.46. The third kappa shape index (κ3) is 4.44. The molecule has 1 amide bonds. The largest absolute Gasteiger partial charge is 0.494 e. The third-order valence-corrected chi connectivity index (χ3v) is 5.63. The van der Waals surface area contributed by atoms with Gasteiger partial charge in [0.15, 0.2) is 0 Å². The van der Waals surface area contributed by atoms with E-state index >= 15 is 0 Å². The molecule has 6 heteroatoms. The summed E-state index contributed by atoms with van der Waals surface area (Å²) < 4.78 is 11.1. The molecule has 0 bridgehead atoms. The number of fused-ring (bicyclic) bond motifs is 3. The minimum absolute atomic E-state index is 0.0879. The van der Waals surface area contributed by atoms with Gasteiger partial charge in [-0.15, -0.1) is 0 Å². The van der Waals surface area contributed by atoms with Gasteiger partial charge in [0, 0.05) is 12.3 Å². The van der Waals surface area contributed by atoms with Crippen molar-refractivity contribution in [2.75, 3.05) is 13.2 Å². The van der Waals surface area contributed by atoms with Crippen molar-refractivity contribution in [1.82, 2.24) is 5.32 Å². The predicted molar refractivity (Wildman–Crippen MR) is 121 cm³/mol. The number of carbonyl (C=O) groups excluding carboxylic acids is 1. The van der Waals surface area contributed by atoms with Crippen molar-refractivity contribution in [3.63, 3.8) is 0 Å². The lowest BCUT2D eigenvalue weighted by molar-refractivity contribution is -0.139. The Morgan fingerprint density at radius 2 is 1.53 bits per heavy atom. The molecule has 0 unspecified atom stereocenters. The predicted octanol–water partition coefficient (Wildman–Crippen LogP) is 4.62. The van der Waals surface area contributed by atoms with E-state index in [9.17, 15) is 14.7 Å². The molecule has 4 rings (SSSR count). The fourth-order valence-corrected chi connectivity index (χ4v) is 4.17. The van der Waals surface area contributed by atoms with E-state index < -0.39 is 18.1 Å². The third-order valence-electron chi connectivity index (χ3n) is 5.63. The van der Waals surface area contributed by atoms with Crippen molar-refractivity contribution in [3.8, 4) is 16.9 Å². The quantitative estimate of drug-likeness (QED) is 0.544. The fourth-order valence-electron chi connectivity index (χ4n) is 4.17. The van der Waals surface area contributed by atoms with Crippen molar-refractivity contribution in [3.05, 3.63) is 89.5 Å². The zero-order chi connectivity index (χ0) is 22.5. The first-order valence-corrected chi connectivity index (χ1v) is 10.6. The van der Waals surface area contributed by atoms with E-state index in [1.165, 1.54) is 0 Å². The number of aliphatic carboxylic acids is 1. The number of rotatable bonds is 8. The lowest BCUT2D eigenvalue weighted by Gasteiger charge is -2.18. The molecular formula is C26H25NO5. The van der Waals surface area contributed by atoms with E-state index in [0.717, 1.165) is 22.3 Å². The van der Waals surface area contributed by atoms with E-state index in [4.69, 9.17) is 9.47 Å². The molecule has 0 saturated heterocycles. The van der Waals surface area contributed by atoms with Crippen LogP contribution in [0.2, 0.25) is 0 Å². The second kappa shape index (κ2) is 9.56. The molecule has 0 saturated carbocycles. The Morgan fingerprint density at radius 1 is 0.938 bits per heavy atom. The summed E-state index contributed by atoms with van der Waals surface area (Å²) in [6, 6.07) is 22.2. The molecule has 0 spiro atoms. The van der Waals surface area contributed by atoms with Gasteiger partial charge in [0.05, 0.1) is 6.61 Å². The van der Waals surface area contributed by atoms with Gasteiger partial charge < -0.3 is 19.9 Å². The van der Waals surface area contributed by atoms with E-state index in [1.54, 1.807) is 12.1 Å². The van der Waals surface area contributed by atoms with Gasteiger partial charge in [0.25, 0.3) is 0 Å². The Labute approximate surface area is 186 Å². The SMILES string of the molecule is CCOc1ccccc1C[C@@H](NC(=O)OCC1c2ccccc2-c2ccccc21)C(=O)O. The highest BCUT2D eigenvalue weighted by atomic mass is 16.5. The van der Waals surface area contributed by atoms with Crippen LogP contribution in [0, 0.1) is 0 Å². The number of hydrogen-bond donors (Lipinski definition) is 2. The first-order chi connectivity index (χ1) is 15.6. The summed E-state index contributed by atoms with van der Waals surface area (Å²) >= 11 is 0. The molecule has 164 valence electrons. The van der Waals surface area contributed by atoms with Crippen molar-refractivity contribution in [2.45, 2.75) is 25.3 Å². The molecule has 0 aromatic heterocycles. The van der Waals surface area contributed by atoms with Crippen LogP contribution in [-0.4, -0.2) is 36.4 Å². The van der Waals surface area contributed by atoms with Gasteiger partial charge in [0.2, 0.25) is 0 Å². The Bertz CT molecular complexity index is 1080. The van der Waals surface area contributed by atoms with Crippen LogP contribution in [0.4, 0.5) is 4.79 Å². The molecule has 6 nitrogen and oxygen atoms in total. The second-order valence-corrected chi connectivity index (χ2v) is 7.61. The maximum atomic E-state index is 12.5. The molecule has 0 radical (unpaired) electrons. The molecule has 1 atom stereocenters. The van der Waals surface area contributed by atoms with E-state index in [0.29, 0.717) is 17.9 Å². The number of para-hydroxylation sites is 1. The van der Waals surface area contributed by atoms with Crippen molar-refractivity contribution in [1.29, 1.82) is 0 Å². The highest BCUT2D eigenvalue weighted by Crippen LogP contribution is 2.44. The minimum Gasteiger partial charge on any atom is -0.494 e. The molecule has 32 heavy (non-hydrogen) atoms. The Kier molecular flexibility index (Phi) is 6.40. The lowest BCUT2D eigenvalue weighted by atomic mass is 9.98. The van der Waals surface area contributed by atoms with Gasteiger partial charge in [-0.1, -0.05) is 66.7 Å².